The summed E-state index contributed by atoms with van der Waals surface area (Å²) in [5.74, 6) is 0.335. The van der Waals surface area contributed by atoms with E-state index in [9.17, 15) is 4.39 Å². The Kier molecular flexibility index (Phi) is 3.71. The number of hydrogen-bond acceptors (Lipinski definition) is 1. The maximum Gasteiger partial charge on any atom is 0.151 e. The lowest BCUT2D eigenvalue weighted by molar-refractivity contribution is 0.637. The molecule has 0 N–H and O–H groups in total. The second kappa shape index (κ2) is 5.35. The average molecular weight is 374 g/mol. The fourth-order valence-corrected chi connectivity index (χ4v) is 2.86. The lowest BCUT2D eigenvalue weighted by Crippen LogP contribution is -2.00. The first kappa shape index (κ1) is 13.9. The molecule has 0 atom stereocenters. The maximum atomic E-state index is 13.9. The fourth-order valence-electron chi connectivity index (χ4n) is 2.13. The first-order chi connectivity index (χ1) is 9.61. The van der Waals surface area contributed by atoms with E-state index in [0.29, 0.717) is 27.6 Å². The number of benzene rings is 2. The molecule has 6 heteroatoms. The lowest BCUT2D eigenvalue weighted by atomic mass is 10.2. The largest absolute Gasteiger partial charge is 0.294 e. The van der Waals surface area contributed by atoms with Gasteiger partial charge in [-0.2, -0.15) is 0 Å². The SMILES string of the molecule is Fc1cccc2c1nc(CCl)n2-c1cc(Br)ccc1Cl. The van der Waals surface area contributed by atoms with E-state index in [1.54, 1.807) is 22.8 Å². The summed E-state index contributed by atoms with van der Waals surface area (Å²) >= 11 is 15.6. The fraction of sp³-hybridized carbons (Fsp3) is 0.0714. The van der Waals surface area contributed by atoms with Crippen LogP contribution >= 0.6 is 39.1 Å². The number of para-hydroxylation sites is 1. The van der Waals surface area contributed by atoms with Gasteiger partial charge in [-0.15, -0.1) is 11.6 Å². The Morgan fingerprint density at radius 1 is 1.25 bits per heavy atom. The molecule has 2 nitrogen and oxygen atoms in total. The zero-order valence-electron chi connectivity index (χ0n) is 10.1. The molecule has 0 saturated heterocycles. The summed E-state index contributed by atoms with van der Waals surface area (Å²) in [6.07, 6.45) is 0. The number of halogens is 4. The van der Waals surface area contributed by atoms with Crippen molar-refractivity contribution in [2.24, 2.45) is 0 Å². The van der Waals surface area contributed by atoms with Gasteiger partial charge in [0.15, 0.2) is 5.82 Å². The van der Waals surface area contributed by atoms with Crippen molar-refractivity contribution in [2.45, 2.75) is 5.88 Å². The first-order valence-electron chi connectivity index (χ1n) is 5.79. The third kappa shape index (κ3) is 2.22. The molecule has 1 aromatic heterocycles. The van der Waals surface area contributed by atoms with E-state index >= 15 is 0 Å². The van der Waals surface area contributed by atoms with Crippen molar-refractivity contribution in [1.82, 2.24) is 9.55 Å². The monoisotopic (exact) mass is 372 g/mol. The molecule has 1 heterocycles. The Bertz CT molecular complexity index is 801. The van der Waals surface area contributed by atoms with Gasteiger partial charge < -0.3 is 0 Å². The van der Waals surface area contributed by atoms with Crippen molar-refractivity contribution in [2.75, 3.05) is 0 Å². The molecule has 0 aliphatic carbocycles. The Morgan fingerprint density at radius 3 is 2.80 bits per heavy atom. The molecule has 0 bridgehead atoms. The second-order valence-corrected chi connectivity index (χ2v) is 5.79. The number of aromatic nitrogens is 2. The summed E-state index contributed by atoms with van der Waals surface area (Å²) in [6.45, 7) is 0. The lowest BCUT2D eigenvalue weighted by Gasteiger charge is -2.10. The van der Waals surface area contributed by atoms with Crippen LogP contribution in [-0.4, -0.2) is 9.55 Å². The zero-order chi connectivity index (χ0) is 14.3. The van der Waals surface area contributed by atoms with Crippen LogP contribution in [-0.2, 0) is 5.88 Å². The highest BCUT2D eigenvalue weighted by Gasteiger charge is 2.16. The Labute approximate surface area is 133 Å². The standard InChI is InChI=1S/C14H8BrCl2FN2/c15-8-4-5-9(17)12(6-8)20-11-3-1-2-10(18)14(11)19-13(20)7-16/h1-6H,7H2. The number of nitrogens with zero attached hydrogens (tertiary/aromatic N) is 2. The van der Waals surface area contributed by atoms with Crippen LogP contribution in [0.5, 0.6) is 0 Å². The minimum absolute atomic E-state index is 0.164. The van der Waals surface area contributed by atoms with E-state index in [1.807, 2.05) is 12.1 Å². The van der Waals surface area contributed by atoms with E-state index < -0.39 is 0 Å². The van der Waals surface area contributed by atoms with Crippen LogP contribution in [0.1, 0.15) is 5.82 Å². The van der Waals surface area contributed by atoms with Gasteiger partial charge in [-0.3, -0.25) is 4.57 Å². The van der Waals surface area contributed by atoms with E-state index in [-0.39, 0.29) is 11.7 Å². The van der Waals surface area contributed by atoms with Crippen LogP contribution in [0.25, 0.3) is 16.7 Å². The minimum Gasteiger partial charge on any atom is -0.294 e. The number of imidazole rings is 1. The topological polar surface area (TPSA) is 17.8 Å². The number of alkyl halides is 1. The van der Waals surface area contributed by atoms with Crippen LogP contribution in [0.3, 0.4) is 0 Å². The highest BCUT2D eigenvalue weighted by atomic mass is 79.9. The summed E-state index contributed by atoms with van der Waals surface area (Å²) in [5.41, 5.74) is 1.64. The highest BCUT2D eigenvalue weighted by molar-refractivity contribution is 9.10. The molecule has 2 aromatic carbocycles. The van der Waals surface area contributed by atoms with Gasteiger partial charge in [0.1, 0.15) is 11.3 Å². The van der Waals surface area contributed by atoms with Crippen molar-refractivity contribution in [3.63, 3.8) is 0 Å². The van der Waals surface area contributed by atoms with Gasteiger partial charge in [-0.1, -0.05) is 33.6 Å². The Balaban J connectivity index is 2.40. The molecule has 0 radical (unpaired) electrons. The van der Waals surface area contributed by atoms with Crippen molar-refractivity contribution in [3.8, 4) is 5.69 Å². The van der Waals surface area contributed by atoms with E-state index in [1.165, 1.54) is 6.07 Å². The van der Waals surface area contributed by atoms with Gasteiger partial charge in [-0.25, -0.2) is 9.37 Å². The third-order valence-electron chi connectivity index (χ3n) is 2.97. The summed E-state index contributed by atoms with van der Waals surface area (Å²) in [7, 11) is 0. The maximum absolute atomic E-state index is 13.9. The van der Waals surface area contributed by atoms with Crippen LogP contribution in [0.4, 0.5) is 4.39 Å². The van der Waals surface area contributed by atoms with E-state index in [2.05, 4.69) is 20.9 Å². The van der Waals surface area contributed by atoms with E-state index in [0.717, 1.165) is 4.47 Å². The quantitative estimate of drug-likeness (QED) is 0.556. The van der Waals surface area contributed by atoms with Crippen molar-refractivity contribution < 1.29 is 4.39 Å². The molecule has 0 aliphatic rings. The molecule has 0 amide bonds. The summed E-state index contributed by atoms with van der Waals surface area (Å²) < 4.78 is 16.5. The van der Waals surface area contributed by atoms with Gasteiger partial charge >= 0.3 is 0 Å². The molecule has 0 fully saturated rings. The highest BCUT2D eigenvalue weighted by Crippen LogP contribution is 2.30. The summed E-state index contributed by atoms with van der Waals surface area (Å²) in [4.78, 5) is 4.26. The average Bonchev–Trinajstić information content (AvgIpc) is 2.81. The van der Waals surface area contributed by atoms with Gasteiger partial charge in [0.05, 0.1) is 22.1 Å². The third-order valence-corrected chi connectivity index (χ3v) is 4.03. The Morgan fingerprint density at radius 2 is 2.05 bits per heavy atom. The number of hydrogen-bond donors (Lipinski definition) is 0. The van der Waals surface area contributed by atoms with Gasteiger partial charge in [0.2, 0.25) is 0 Å². The predicted molar refractivity (Wildman–Crippen MR) is 83.3 cm³/mol. The molecule has 102 valence electrons. The molecule has 3 rings (SSSR count). The zero-order valence-corrected chi connectivity index (χ0v) is 13.2. The number of fused-ring (bicyclic) bond motifs is 1. The molecule has 0 aliphatic heterocycles. The molecule has 0 unspecified atom stereocenters. The van der Waals surface area contributed by atoms with Gasteiger partial charge in [0, 0.05) is 4.47 Å². The second-order valence-electron chi connectivity index (χ2n) is 4.20. The first-order valence-corrected chi connectivity index (χ1v) is 7.49. The van der Waals surface area contributed by atoms with Crippen LogP contribution in [0.15, 0.2) is 40.9 Å². The van der Waals surface area contributed by atoms with Crippen molar-refractivity contribution >= 4 is 50.2 Å². The van der Waals surface area contributed by atoms with Gasteiger partial charge in [0.25, 0.3) is 0 Å². The smallest absolute Gasteiger partial charge is 0.151 e. The van der Waals surface area contributed by atoms with E-state index in [4.69, 9.17) is 23.2 Å². The Hall–Kier alpha value is -1.10. The molecule has 0 saturated carbocycles. The van der Waals surface area contributed by atoms with Crippen molar-refractivity contribution in [3.05, 3.63) is 57.5 Å². The van der Waals surface area contributed by atoms with Crippen LogP contribution in [0, 0.1) is 5.82 Å². The molecule has 20 heavy (non-hydrogen) atoms. The minimum atomic E-state index is -0.376. The molecular formula is C14H8BrCl2FN2. The molecular weight excluding hydrogens is 366 g/mol. The van der Waals surface area contributed by atoms with Crippen LogP contribution in [0.2, 0.25) is 5.02 Å². The predicted octanol–water partition coefficient (Wildman–Crippen LogP) is 5.32. The van der Waals surface area contributed by atoms with Crippen LogP contribution < -0.4 is 0 Å². The summed E-state index contributed by atoms with van der Waals surface area (Å²) in [6, 6.07) is 10.3. The molecule has 3 aromatic rings. The number of rotatable bonds is 2. The van der Waals surface area contributed by atoms with Gasteiger partial charge in [-0.05, 0) is 30.3 Å². The normalized spacial score (nSPS) is 11.2. The van der Waals surface area contributed by atoms with Crippen molar-refractivity contribution in [1.29, 1.82) is 0 Å². The summed E-state index contributed by atoms with van der Waals surface area (Å²) in [5, 5.41) is 0.545. The molecule has 0 spiro atoms.